The molecule has 5 nitrogen and oxygen atoms in total. The van der Waals surface area contributed by atoms with Crippen molar-refractivity contribution >= 4 is 11.9 Å². The van der Waals surface area contributed by atoms with Crippen molar-refractivity contribution in [3.8, 4) is 0 Å². The zero-order chi connectivity index (χ0) is 13.1. The molecule has 0 aliphatic carbocycles. The Bertz CT molecular complexity index is 409. The smallest absolute Gasteiger partial charge is 0.433 e. The molecule has 0 saturated carbocycles. The van der Waals surface area contributed by atoms with Crippen LogP contribution in [0.15, 0.2) is 12.3 Å². The summed E-state index contributed by atoms with van der Waals surface area (Å²) in [6, 6.07) is 0.734. The summed E-state index contributed by atoms with van der Waals surface area (Å²) < 4.78 is 37.1. The quantitative estimate of drug-likeness (QED) is 0.873. The Morgan fingerprint density at radius 2 is 2.18 bits per heavy atom. The minimum Gasteiger partial charge on any atom is -0.480 e. The second kappa shape index (κ2) is 4.98. The molecule has 0 atom stereocenters. The first-order valence-corrected chi connectivity index (χ1v) is 4.71. The number of aromatic nitrogens is 2. The molecule has 1 N–H and O–H groups in total. The number of carboxylic acid groups (broad SMARTS) is 1. The maximum absolute atomic E-state index is 12.4. The van der Waals surface area contributed by atoms with Crippen molar-refractivity contribution < 1.29 is 23.1 Å². The molecule has 0 aliphatic heterocycles. The molecule has 0 bridgehead atoms. The number of hydrogen-bond acceptors (Lipinski definition) is 4. The van der Waals surface area contributed by atoms with E-state index in [-0.39, 0.29) is 12.5 Å². The summed E-state index contributed by atoms with van der Waals surface area (Å²) in [5, 5.41) is 8.59. The highest BCUT2D eigenvalue weighted by Crippen LogP contribution is 2.27. The first-order valence-electron chi connectivity index (χ1n) is 4.71. The van der Waals surface area contributed by atoms with Gasteiger partial charge < -0.3 is 10.0 Å². The average Bonchev–Trinajstić information content (AvgIpc) is 2.24. The molecule has 1 heterocycles. The lowest BCUT2D eigenvalue weighted by molar-refractivity contribution is -0.141. The molecule has 17 heavy (non-hydrogen) atoms. The number of nitrogens with zero attached hydrogens (tertiary/aromatic N) is 3. The van der Waals surface area contributed by atoms with Gasteiger partial charge in [0.15, 0.2) is 0 Å². The Balaban J connectivity index is 3.01. The summed E-state index contributed by atoms with van der Waals surface area (Å²) in [7, 11) is 0. The van der Waals surface area contributed by atoms with Gasteiger partial charge in [-0.25, -0.2) is 9.97 Å². The minimum atomic E-state index is -4.57. The molecular formula is C9H10F3N3O2. The Kier molecular flexibility index (Phi) is 3.87. The van der Waals surface area contributed by atoms with Crippen LogP contribution in [0.3, 0.4) is 0 Å². The van der Waals surface area contributed by atoms with Crippen molar-refractivity contribution in [3.63, 3.8) is 0 Å². The third-order valence-electron chi connectivity index (χ3n) is 1.92. The lowest BCUT2D eigenvalue weighted by Crippen LogP contribution is -2.31. The van der Waals surface area contributed by atoms with Crippen molar-refractivity contribution in [2.24, 2.45) is 0 Å². The van der Waals surface area contributed by atoms with Crippen molar-refractivity contribution in [2.45, 2.75) is 13.1 Å². The summed E-state index contributed by atoms with van der Waals surface area (Å²) in [4.78, 5) is 18.6. The van der Waals surface area contributed by atoms with Gasteiger partial charge in [0.2, 0.25) is 5.95 Å². The van der Waals surface area contributed by atoms with Gasteiger partial charge in [-0.15, -0.1) is 0 Å². The lowest BCUT2D eigenvalue weighted by Gasteiger charge is -2.18. The minimum absolute atomic E-state index is 0.202. The topological polar surface area (TPSA) is 66.3 Å². The first kappa shape index (κ1) is 13.2. The molecule has 0 fully saturated rings. The molecule has 0 aromatic carbocycles. The number of anilines is 1. The molecule has 8 heteroatoms. The van der Waals surface area contributed by atoms with Crippen molar-refractivity contribution in [2.75, 3.05) is 18.0 Å². The number of halogens is 3. The van der Waals surface area contributed by atoms with Crippen LogP contribution in [-0.2, 0) is 11.0 Å². The highest BCUT2D eigenvalue weighted by Gasteiger charge is 2.33. The van der Waals surface area contributed by atoms with Crippen molar-refractivity contribution in [1.82, 2.24) is 9.97 Å². The Morgan fingerprint density at radius 1 is 1.53 bits per heavy atom. The monoisotopic (exact) mass is 249 g/mol. The van der Waals surface area contributed by atoms with E-state index in [2.05, 4.69) is 9.97 Å². The number of carboxylic acids is 1. The molecule has 0 aliphatic rings. The summed E-state index contributed by atoms with van der Waals surface area (Å²) in [6.45, 7) is 1.36. The molecule has 0 amide bonds. The maximum Gasteiger partial charge on any atom is 0.433 e. The molecule has 94 valence electrons. The molecule has 0 spiro atoms. The molecule has 1 aromatic heterocycles. The molecule has 0 unspecified atom stereocenters. The molecule has 0 saturated heterocycles. The SMILES string of the molecule is CCN(CC(=O)O)c1nccc(C(F)(F)F)n1. The maximum atomic E-state index is 12.4. The summed E-state index contributed by atoms with van der Waals surface area (Å²) >= 11 is 0. The van der Waals surface area contributed by atoms with Gasteiger partial charge in [-0.1, -0.05) is 0 Å². The van der Waals surface area contributed by atoms with Gasteiger partial charge in [0.1, 0.15) is 12.2 Å². The van der Waals surface area contributed by atoms with Crippen LogP contribution >= 0.6 is 0 Å². The van der Waals surface area contributed by atoms with E-state index >= 15 is 0 Å². The van der Waals surface area contributed by atoms with Crippen LogP contribution in [0, 0.1) is 0 Å². The fourth-order valence-electron chi connectivity index (χ4n) is 1.15. The molecule has 1 aromatic rings. The van der Waals surface area contributed by atoms with Crippen LogP contribution in [0.1, 0.15) is 12.6 Å². The van der Waals surface area contributed by atoms with Gasteiger partial charge in [-0.3, -0.25) is 4.79 Å². The molecule has 1 rings (SSSR count). The summed E-state index contributed by atoms with van der Waals surface area (Å²) in [5.74, 6) is -1.41. The number of likely N-dealkylation sites (N-methyl/N-ethyl adjacent to an activating group) is 1. The van der Waals surface area contributed by atoms with E-state index < -0.39 is 24.4 Å². The van der Waals surface area contributed by atoms with Crippen molar-refractivity contribution in [1.29, 1.82) is 0 Å². The van der Waals surface area contributed by atoms with Crippen LogP contribution in [0.5, 0.6) is 0 Å². The Hall–Kier alpha value is -1.86. The Labute approximate surface area is 94.9 Å². The third-order valence-corrected chi connectivity index (χ3v) is 1.92. The lowest BCUT2D eigenvalue weighted by atomic mass is 10.4. The van der Waals surface area contributed by atoms with E-state index in [0.717, 1.165) is 17.2 Å². The fraction of sp³-hybridized carbons (Fsp3) is 0.444. The number of alkyl halides is 3. The van der Waals surface area contributed by atoms with Crippen LogP contribution in [0.4, 0.5) is 19.1 Å². The van der Waals surface area contributed by atoms with Gasteiger partial charge in [0.05, 0.1) is 0 Å². The summed E-state index contributed by atoms with van der Waals surface area (Å²) in [6.07, 6.45) is -3.62. The van der Waals surface area contributed by atoms with Gasteiger partial charge in [0.25, 0.3) is 0 Å². The normalized spacial score (nSPS) is 11.3. The van der Waals surface area contributed by atoms with E-state index in [1.54, 1.807) is 6.92 Å². The number of carbonyl (C=O) groups is 1. The summed E-state index contributed by atoms with van der Waals surface area (Å²) in [5.41, 5.74) is -1.09. The zero-order valence-corrected chi connectivity index (χ0v) is 8.90. The zero-order valence-electron chi connectivity index (χ0n) is 8.90. The largest absolute Gasteiger partial charge is 0.480 e. The van der Waals surface area contributed by atoms with Crippen LogP contribution in [0.25, 0.3) is 0 Å². The van der Waals surface area contributed by atoms with Crippen molar-refractivity contribution in [3.05, 3.63) is 18.0 Å². The number of hydrogen-bond donors (Lipinski definition) is 1. The predicted molar refractivity (Wildman–Crippen MR) is 52.6 cm³/mol. The van der Waals surface area contributed by atoms with Gasteiger partial charge >= 0.3 is 12.1 Å². The third kappa shape index (κ3) is 3.58. The van der Waals surface area contributed by atoms with E-state index in [9.17, 15) is 18.0 Å². The first-order chi connectivity index (χ1) is 7.84. The van der Waals surface area contributed by atoms with E-state index in [1.807, 2.05) is 0 Å². The predicted octanol–water partition coefficient (Wildman–Crippen LogP) is 1.41. The van der Waals surface area contributed by atoms with Gasteiger partial charge in [-0.05, 0) is 13.0 Å². The van der Waals surface area contributed by atoms with Crippen LogP contribution < -0.4 is 4.90 Å². The van der Waals surface area contributed by atoms with Gasteiger partial charge in [0, 0.05) is 12.7 Å². The van der Waals surface area contributed by atoms with Gasteiger partial charge in [-0.2, -0.15) is 13.2 Å². The highest BCUT2D eigenvalue weighted by molar-refractivity contribution is 5.72. The second-order valence-corrected chi connectivity index (χ2v) is 3.15. The van der Waals surface area contributed by atoms with E-state index in [1.165, 1.54) is 0 Å². The number of aliphatic carboxylic acids is 1. The standard InChI is InChI=1S/C9H10F3N3O2/c1-2-15(5-7(16)17)8-13-4-3-6(14-8)9(10,11)12/h3-4H,2,5H2,1H3,(H,16,17). The second-order valence-electron chi connectivity index (χ2n) is 3.15. The fourth-order valence-corrected chi connectivity index (χ4v) is 1.15. The van der Waals surface area contributed by atoms with E-state index in [0.29, 0.717) is 0 Å². The number of rotatable bonds is 4. The highest BCUT2D eigenvalue weighted by atomic mass is 19.4. The average molecular weight is 249 g/mol. The van der Waals surface area contributed by atoms with E-state index in [4.69, 9.17) is 5.11 Å². The van der Waals surface area contributed by atoms with Crippen LogP contribution in [-0.4, -0.2) is 34.1 Å². The Morgan fingerprint density at radius 3 is 2.65 bits per heavy atom. The molecular weight excluding hydrogens is 239 g/mol. The van der Waals surface area contributed by atoms with Crippen LogP contribution in [0.2, 0.25) is 0 Å². The molecule has 0 radical (unpaired) electrons.